The number of amides is 2. The van der Waals surface area contributed by atoms with E-state index in [2.05, 4.69) is 21.2 Å². The largest absolute Gasteiger partial charge is 0.354 e. The first-order valence-corrected chi connectivity index (χ1v) is 7.34. The Hall–Kier alpha value is -1.43. The number of hydrogen-bond acceptors (Lipinski definition) is 2. The van der Waals surface area contributed by atoms with Gasteiger partial charge >= 0.3 is 0 Å². The first-order chi connectivity index (χ1) is 9.56. The van der Waals surface area contributed by atoms with Crippen LogP contribution in [0.15, 0.2) is 22.7 Å². The summed E-state index contributed by atoms with van der Waals surface area (Å²) in [5.41, 5.74) is 0.533. The Kier molecular flexibility index (Phi) is 5.11. The molecule has 0 aliphatic carbocycles. The molecule has 1 saturated heterocycles. The van der Waals surface area contributed by atoms with Crippen molar-refractivity contribution in [3.05, 3.63) is 34.1 Å². The van der Waals surface area contributed by atoms with E-state index >= 15 is 0 Å². The Morgan fingerprint density at radius 3 is 2.95 bits per heavy atom. The summed E-state index contributed by atoms with van der Waals surface area (Å²) >= 11 is 3.20. The maximum Gasteiger partial charge on any atom is 0.222 e. The number of rotatable bonds is 3. The third-order valence-electron chi connectivity index (χ3n) is 3.29. The normalized spacial score (nSPS) is 15.7. The van der Waals surface area contributed by atoms with Crippen LogP contribution in [0.2, 0.25) is 0 Å². The molecule has 0 saturated carbocycles. The molecular formula is C14H16BrFN2O2. The predicted molar refractivity (Wildman–Crippen MR) is 76.6 cm³/mol. The van der Waals surface area contributed by atoms with Crippen LogP contribution in [0, 0.1) is 5.82 Å². The average Bonchev–Trinajstić information content (AvgIpc) is 2.62. The van der Waals surface area contributed by atoms with Crippen LogP contribution in [0.3, 0.4) is 0 Å². The maximum atomic E-state index is 13.6. The number of nitrogens with one attached hydrogen (secondary N) is 1. The van der Waals surface area contributed by atoms with E-state index in [9.17, 15) is 14.0 Å². The van der Waals surface area contributed by atoms with Gasteiger partial charge in [-0.1, -0.05) is 22.0 Å². The fourth-order valence-electron chi connectivity index (χ4n) is 2.14. The molecule has 2 rings (SSSR count). The number of hydrogen-bond donors (Lipinski definition) is 1. The van der Waals surface area contributed by atoms with Crippen molar-refractivity contribution in [2.45, 2.75) is 19.3 Å². The lowest BCUT2D eigenvalue weighted by atomic mass is 10.1. The van der Waals surface area contributed by atoms with Gasteiger partial charge in [0.1, 0.15) is 5.82 Å². The fourth-order valence-corrected chi connectivity index (χ4v) is 2.47. The first-order valence-electron chi connectivity index (χ1n) is 6.54. The van der Waals surface area contributed by atoms with E-state index < -0.39 is 0 Å². The van der Waals surface area contributed by atoms with E-state index in [1.165, 1.54) is 6.07 Å². The molecule has 20 heavy (non-hydrogen) atoms. The zero-order valence-corrected chi connectivity index (χ0v) is 12.6. The van der Waals surface area contributed by atoms with Crippen LogP contribution in [0.25, 0.3) is 0 Å². The van der Waals surface area contributed by atoms with Gasteiger partial charge in [-0.3, -0.25) is 9.59 Å². The van der Waals surface area contributed by atoms with Gasteiger partial charge in [-0.25, -0.2) is 4.39 Å². The molecule has 108 valence electrons. The standard InChI is InChI=1S/C14H16BrFN2O2/c15-11-3-1-10(12(16)9-11)2-4-14(20)18-7-5-13(19)17-6-8-18/h1,3,9H,2,4-8H2,(H,17,19). The molecule has 2 amide bonds. The molecule has 1 aliphatic rings. The summed E-state index contributed by atoms with van der Waals surface area (Å²) < 4.78 is 14.3. The Balaban J connectivity index is 1.89. The van der Waals surface area contributed by atoms with Crippen LogP contribution in [0.5, 0.6) is 0 Å². The van der Waals surface area contributed by atoms with Crippen molar-refractivity contribution in [3.63, 3.8) is 0 Å². The van der Waals surface area contributed by atoms with Crippen LogP contribution < -0.4 is 5.32 Å². The van der Waals surface area contributed by atoms with E-state index in [0.717, 1.165) is 0 Å². The van der Waals surface area contributed by atoms with Crippen LogP contribution in [-0.2, 0) is 16.0 Å². The van der Waals surface area contributed by atoms with Gasteiger partial charge in [0.25, 0.3) is 0 Å². The van der Waals surface area contributed by atoms with Crippen molar-refractivity contribution in [3.8, 4) is 0 Å². The highest BCUT2D eigenvalue weighted by atomic mass is 79.9. The SMILES string of the molecule is O=C1CCN(C(=O)CCc2ccc(Br)cc2F)CCN1. The number of carbonyl (C=O) groups is 2. The quantitative estimate of drug-likeness (QED) is 0.911. The van der Waals surface area contributed by atoms with E-state index in [1.807, 2.05) is 0 Å². The molecule has 0 atom stereocenters. The topological polar surface area (TPSA) is 49.4 Å². The third-order valence-corrected chi connectivity index (χ3v) is 3.78. The average molecular weight is 343 g/mol. The molecule has 1 fully saturated rings. The fraction of sp³-hybridized carbons (Fsp3) is 0.429. The molecule has 6 heteroatoms. The van der Waals surface area contributed by atoms with E-state index in [1.54, 1.807) is 17.0 Å². The van der Waals surface area contributed by atoms with E-state index in [0.29, 0.717) is 42.5 Å². The zero-order valence-electron chi connectivity index (χ0n) is 11.0. The summed E-state index contributed by atoms with van der Waals surface area (Å²) in [6.45, 7) is 1.44. The Morgan fingerprint density at radius 2 is 2.20 bits per heavy atom. The molecule has 0 radical (unpaired) electrons. The van der Waals surface area contributed by atoms with E-state index in [4.69, 9.17) is 0 Å². The molecule has 0 bridgehead atoms. The summed E-state index contributed by atoms with van der Waals surface area (Å²) in [7, 11) is 0. The molecule has 1 aromatic carbocycles. The zero-order chi connectivity index (χ0) is 14.5. The van der Waals surface area contributed by atoms with Gasteiger partial charge in [0.05, 0.1) is 0 Å². The van der Waals surface area contributed by atoms with Gasteiger partial charge in [-0.2, -0.15) is 0 Å². The number of benzene rings is 1. The van der Waals surface area contributed by atoms with E-state index in [-0.39, 0.29) is 24.1 Å². The monoisotopic (exact) mass is 342 g/mol. The molecule has 0 aromatic heterocycles. The molecule has 1 N–H and O–H groups in total. The highest BCUT2D eigenvalue weighted by molar-refractivity contribution is 9.10. The molecule has 0 unspecified atom stereocenters. The Bertz CT molecular complexity index is 522. The summed E-state index contributed by atoms with van der Waals surface area (Å²) in [5, 5.41) is 2.72. The minimum Gasteiger partial charge on any atom is -0.354 e. The second kappa shape index (κ2) is 6.83. The summed E-state index contributed by atoms with van der Waals surface area (Å²) in [4.78, 5) is 24.9. The lowest BCUT2D eigenvalue weighted by Gasteiger charge is -2.19. The van der Waals surface area contributed by atoms with Crippen LogP contribution in [0.1, 0.15) is 18.4 Å². The molecule has 4 nitrogen and oxygen atoms in total. The molecular weight excluding hydrogens is 327 g/mol. The van der Waals surface area contributed by atoms with Crippen molar-refractivity contribution >= 4 is 27.7 Å². The molecule has 1 aliphatic heterocycles. The number of nitrogens with zero attached hydrogens (tertiary/aromatic N) is 1. The maximum absolute atomic E-state index is 13.6. The van der Waals surface area contributed by atoms with Crippen LogP contribution in [-0.4, -0.2) is 36.3 Å². The number of carbonyl (C=O) groups excluding carboxylic acids is 2. The predicted octanol–water partition coefficient (Wildman–Crippen LogP) is 1.87. The highest BCUT2D eigenvalue weighted by Crippen LogP contribution is 2.17. The van der Waals surface area contributed by atoms with Crippen molar-refractivity contribution in [2.75, 3.05) is 19.6 Å². The second-order valence-corrected chi connectivity index (χ2v) is 5.63. The van der Waals surface area contributed by atoms with Gasteiger partial charge in [0.2, 0.25) is 11.8 Å². The van der Waals surface area contributed by atoms with Gasteiger partial charge in [-0.15, -0.1) is 0 Å². The van der Waals surface area contributed by atoms with Crippen LogP contribution >= 0.6 is 15.9 Å². The minimum atomic E-state index is -0.306. The number of halogens is 2. The second-order valence-electron chi connectivity index (χ2n) is 4.72. The lowest BCUT2D eigenvalue weighted by Crippen LogP contribution is -2.34. The van der Waals surface area contributed by atoms with Crippen molar-refractivity contribution in [1.82, 2.24) is 10.2 Å². The summed E-state index contributed by atoms with van der Waals surface area (Å²) in [6, 6.07) is 4.84. The smallest absolute Gasteiger partial charge is 0.222 e. The summed E-state index contributed by atoms with van der Waals surface area (Å²) in [6.07, 6.45) is 0.959. The van der Waals surface area contributed by atoms with Gasteiger partial charge in [0.15, 0.2) is 0 Å². The Morgan fingerprint density at radius 1 is 1.40 bits per heavy atom. The third kappa shape index (κ3) is 4.03. The van der Waals surface area contributed by atoms with Crippen molar-refractivity contribution in [2.24, 2.45) is 0 Å². The van der Waals surface area contributed by atoms with Gasteiger partial charge in [-0.05, 0) is 24.1 Å². The Labute approximate surface area is 125 Å². The molecule has 0 spiro atoms. The number of aryl methyl sites for hydroxylation is 1. The van der Waals surface area contributed by atoms with Crippen molar-refractivity contribution < 1.29 is 14.0 Å². The van der Waals surface area contributed by atoms with Crippen LogP contribution in [0.4, 0.5) is 4.39 Å². The highest BCUT2D eigenvalue weighted by Gasteiger charge is 2.18. The van der Waals surface area contributed by atoms with Crippen molar-refractivity contribution in [1.29, 1.82) is 0 Å². The summed E-state index contributed by atoms with van der Waals surface area (Å²) in [5.74, 6) is -0.372. The van der Waals surface area contributed by atoms with Gasteiger partial charge < -0.3 is 10.2 Å². The lowest BCUT2D eigenvalue weighted by molar-refractivity contribution is -0.131. The van der Waals surface area contributed by atoms with Gasteiger partial charge in [0, 0.05) is 36.9 Å². The molecule has 1 aromatic rings. The molecule has 1 heterocycles. The minimum absolute atomic E-state index is 0.0285. The first kappa shape index (κ1) is 15.0.